The maximum Gasteiger partial charge on any atom is 0.243 e. The number of rotatable bonds is 12. The Morgan fingerprint density at radius 1 is 1.10 bits per heavy atom. The van der Waals surface area contributed by atoms with Crippen LogP contribution in [0.5, 0.6) is 11.5 Å². The van der Waals surface area contributed by atoms with Crippen LogP contribution in [0, 0.1) is 4.77 Å². The summed E-state index contributed by atoms with van der Waals surface area (Å²) in [5.41, 5.74) is 1.85. The number of morpholine rings is 1. The van der Waals surface area contributed by atoms with E-state index in [1.54, 1.807) is 32.4 Å². The van der Waals surface area contributed by atoms with Crippen LogP contribution in [0.4, 0.5) is 0 Å². The molecule has 1 saturated heterocycles. The molecular formula is C28H39N5O5S2. The monoisotopic (exact) mass is 589 g/mol. The minimum absolute atomic E-state index is 0.0906. The van der Waals surface area contributed by atoms with Crippen LogP contribution < -0.4 is 9.47 Å². The van der Waals surface area contributed by atoms with Gasteiger partial charge in [0.2, 0.25) is 10.0 Å². The number of sulfonamides is 1. The Morgan fingerprint density at radius 3 is 2.50 bits per heavy atom. The molecule has 0 N–H and O–H groups in total. The first kappa shape index (κ1) is 30.2. The maximum absolute atomic E-state index is 13.3. The van der Waals surface area contributed by atoms with E-state index < -0.39 is 10.0 Å². The van der Waals surface area contributed by atoms with Crippen molar-refractivity contribution in [3.8, 4) is 22.9 Å². The minimum atomic E-state index is -3.64. The Bertz CT molecular complexity index is 1460. The first-order chi connectivity index (χ1) is 19.2. The van der Waals surface area contributed by atoms with Gasteiger partial charge in [-0.15, -0.1) is 0 Å². The largest absolute Gasteiger partial charge is 0.493 e. The van der Waals surface area contributed by atoms with Gasteiger partial charge in [-0.2, -0.15) is 9.40 Å². The van der Waals surface area contributed by atoms with Gasteiger partial charge in [-0.25, -0.2) is 13.1 Å². The van der Waals surface area contributed by atoms with E-state index in [0.717, 1.165) is 24.9 Å². The van der Waals surface area contributed by atoms with Gasteiger partial charge in [0.25, 0.3) is 0 Å². The smallest absolute Gasteiger partial charge is 0.243 e. The number of ether oxygens (including phenoxy) is 3. The van der Waals surface area contributed by atoms with Crippen LogP contribution in [0.15, 0.2) is 47.4 Å². The number of aromatic nitrogens is 3. The molecule has 2 aromatic carbocycles. The molecule has 1 fully saturated rings. The molecule has 10 nitrogen and oxygen atoms in total. The fourth-order valence-electron chi connectivity index (χ4n) is 4.68. The first-order valence-electron chi connectivity index (χ1n) is 13.5. The first-order valence-corrected chi connectivity index (χ1v) is 15.3. The third-order valence-electron chi connectivity index (χ3n) is 7.21. The lowest BCUT2D eigenvalue weighted by atomic mass is 10.1. The zero-order valence-electron chi connectivity index (χ0n) is 23.9. The normalized spacial score (nSPS) is 15.3. The SMILES string of the molecule is CC[C@@H](C)n1c(-c2cccc(S(=O)(=O)N3CCOCC3)c2)nn(CN(C)CCc2ccc(OC)c(OC)c2)c1=S. The van der Waals surface area contributed by atoms with Gasteiger partial charge < -0.3 is 14.2 Å². The van der Waals surface area contributed by atoms with E-state index in [0.29, 0.717) is 60.6 Å². The fraction of sp³-hybridized carbons (Fsp3) is 0.500. The molecule has 3 aromatic rings. The van der Waals surface area contributed by atoms with Crippen molar-refractivity contribution in [3.63, 3.8) is 0 Å². The highest BCUT2D eigenvalue weighted by atomic mass is 32.2. The lowest BCUT2D eigenvalue weighted by Gasteiger charge is -2.26. The van der Waals surface area contributed by atoms with Crippen molar-refractivity contribution in [1.82, 2.24) is 23.6 Å². The van der Waals surface area contributed by atoms with Crippen molar-refractivity contribution in [1.29, 1.82) is 0 Å². The molecule has 40 heavy (non-hydrogen) atoms. The highest BCUT2D eigenvalue weighted by Gasteiger charge is 2.27. The summed E-state index contributed by atoms with van der Waals surface area (Å²) in [7, 11) is 1.65. The summed E-state index contributed by atoms with van der Waals surface area (Å²) < 4.78 is 48.7. The quantitative estimate of drug-likeness (QED) is 0.290. The fourth-order valence-corrected chi connectivity index (χ4v) is 6.50. The maximum atomic E-state index is 13.3. The standard InChI is InChI=1S/C28H39N5O5S2/c1-6-21(2)33-27(23-8-7-9-24(19-23)40(34,35)31-14-16-38-17-15-31)29-32(28(33)39)20-30(3)13-12-22-10-11-25(36-4)26(18-22)37-5/h7-11,18-19,21H,6,12-17,20H2,1-5H3/t21-/m1/s1. The molecule has 4 rings (SSSR count). The van der Waals surface area contributed by atoms with Crippen molar-refractivity contribution in [2.45, 2.75) is 44.3 Å². The van der Waals surface area contributed by atoms with E-state index in [4.69, 9.17) is 31.5 Å². The second-order valence-corrected chi connectivity index (χ2v) is 12.2. The van der Waals surface area contributed by atoms with Crippen LogP contribution in [0.3, 0.4) is 0 Å². The molecule has 1 aromatic heterocycles. The topological polar surface area (TPSA) is 91.1 Å². The molecule has 0 aliphatic carbocycles. The molecule has 0 unspecified atom stereocenters. The molecule has 218 valence electrons. The number of benzene rings is 2. The zero-order chi connectivity index (χ0) is 28.9. The van der Waals surface area contributed by atoms with Gasteiger partial charge >= 0.3 is 0 Å². The van der Waals surface area contributed by atoms with Crippen LogP contribution in [-0.2, 0) is 27.8 Å². The van der Waals surface area contributed by atoms with Crippen LogP contribution in [-0.4, -0.2) is 86.1 Å². The van der Waals surface area contributed by atoms with Crippen molar-refractivity contribution >= 4 is 22.2 Å². The van der Waals surface area contributed by atoms with E-state index in [1.165, 1.54) is 4.31 Å². The second kappa shape index (κ2) is 13.3. The van der Waals surface area contributed by atoms with Crippen LogP contribution in [0.1, 0.15) is 31.9 Å². The highest BCUT2D eigenvalue weighted by Crippen LogP contribution is 2.29. The number of hydrogen-bond donors (Lipinski definition) is 0. The minimum Gasteiger partial charge on any atom is -0.493 e. The van der Waals surface area contributed by atoms with Gasteiger partial charge in [-0.3, -0.25) is 9.47 Å². The Kier molecular flexibility index (Phi) is 10.0. The van der Waals surface area contributed by atoms with Gasteiger partial charge in [0, 0.05) is 31.2 Å². The van der Waals surface area contributed by atoms with E-state index in [1.807, 2.05) is 40.6 Å². The molecule has 12 heteroatoms. The molecule has 1 aliphatic rings. The molecular weight excluding hydrogens is 550 g/mol. The average molecular weight is 590 g/mol. The van der Waals surface area contributed by atoms with Crippen molar-refractivity contribution < 1.29 is 22.6 Å². The zero-order valence-corrected chi connectivity index (χ0v) is 25.5. The van der Waals surface area contributed by atoms with Crippen molar-refractivity contribution in [3.05, 3.63) is 52.8 Å². The summed E-state index contributed by atoms with van der Waals surface area (Å²) in [4.78, 5) is 2.40. The van der Waals surface area contributed by atoms with Crippen LogP contribution in [0.2, 0.25) is 0 Å². The van der Waals surface area contributed by atoms with Crippen LogP contribution >= 0.6 is 12.2 Å². The summed E-state index contributed by atoms with van der Waals surface area (Å²) in [6.07, 6.45) is 1.67. The van der Waals surface area contributed by atoms with E-state index >= 15 is 0 Å². The molecule has 0 spiro atoms. The summed E-state index contributed by atoms with van der Waals surface area (Å²) in [5.74, 6) is 2.07. The second-order valence-electron chi connectivity index (χ2n) is 9.94. The lowest BCUT2D eigenvalue weighted by Crippen LogP contribution is -2.40. The third-order valence-corrected chi connectivity index (χ3v) is 9.51. The Morgan fingerprint density at radius 2 is 1.82 bits per heavy atom. The lowest BCUT2D eigenvalue weighted by molar-refractivity contribution is 0.0730. The number of nitrogens with zero attached hydrogens (tertiary/aromatic N) is 5. The molecule has 1 aliphatic heterocycles. The summed E-state index contributed by atoms with van der Waals surface area (Å²) in [6.45, 7) is 6.96. The Balaban J connectivity index is 1.58. The van der Waals surface area contributed by atoms with Crippen molar-refractivity contribution in [2.24, 2.45) is 0 Å². The summed E-state index contributed by atoms with van der Waals surface area (Å²) in [5, 5.41) is 4.90. The van der Waals surface area contributed by atoms with Crippen LogP contribution in [0.25, 0.3) is 11.4 Å². The Labute approximate surface area is 242 Å². The van der Waals surface area contributed by atoms with E-state index in [9.17, 15) is 8.42 Å². The molecule has 1 atom stereocenters. The number of hydrogen-bond acceptors (Lipinski definition) is 8. The molecule has 2 heterocycles. The number of likely N-dealkylation sites (N-methyl/N-ethyl adjacent to an activating group) is 1. The molecule has 0 saturated carbocycles. The predicted molar refractivity (Wildman–Crippen MR) is 157 cm³/mol. The van der Waals surface area contributed by atoms with E-state index in [2.05, 4.69) is 18.7 Å². The number of methoxy groups -OCH3 is 2. The molecule has 0 bridgehead atoms. The predicted octanol–water partition coefficient (Wildman–Crippen LogP) is 4.22. The Hall–Kier alpha value is -2.77. The summed E-state index contributed by atoms with van der Waals surface area (Å²) >= 11 is 5.89. The van der Waals surface area contributed by atoms with Gasteiger partial charge in [0.1, 0.15) is 0 Å². The highest BCUT2D eigenvalue weighted by molar-refractivity contribution is 7.89. The van der Waals surface area contributed by atoms with Gasteiger partial charge in [0.05, 0.1) is 39.0 Å². The van der Waals surface area contributed by atoms with E-state index in [-0.39, 0.29) is 10.9 Å². The average Bonchev–Trinajstić information content (AvgIpc) is 3.31. The van der Waals surface area contributed by atoms with Gasteiger partial charge in [-0.05, 0) is 68.9 Å². The molecule has 0 amide bonds. The van der Waals surface area contributed by atoms with Gasteiger partial charge in [0.15, 0.2) is 22.1 Å². The van der Waals surface area contributed by atoms with Gasteiger partial charge in [-0.1, -0.05) is 25.1 Å². The third kappa shape index (κ3) is 6.58. The van der Waals surface area contributed by atoms with Crippen molar-refractivity contribution in [2.75, 3.05) is 54.1 Å². The molecule has 0 radical (unpaired) electrons. The summed E-state index contributed by atoms with van der Waals surface area (Å²) in [6, 6.07) is 13.0.